The molecule has 0 aliphatic carbocycles. The van der Waals surface area contributed by atoms with Gasteiger partial charge in [0, 0.05) is 5.41 Å². The molecule has 0 aliphatic rings. The van der Waals surface area contributed by atoms with E-state index in [-0.39, 0.29) is 5.41 Å². The molecule has 5 nitrogen and oxygen atoms in total. The van der Waals surface area contributed by atoms with E-state index in [0.717, 1.165) is 10.4 Å². The molecule has 2 heterocycles. The zero-order valence-electron chi connectivity index (χ0n) is 11.6. The molecule has 0 saturated carbocycles. The lowest BCUT2D eigenvalue weighted by molar-refractivity contribution is 0.270. The molecule has 0 saturated heterocycles. The molecule has 0 radical (unpaired) electrons. The maximum Gasteiger partial charge on any atom is 0.232 e. The van der Waals surface area contributed by atoms with Gasteiger partial charge in [-0.25, -0.2) is 0 Å². The maximum absolute atomic E-state index is 5.46. The predicted octanol–water partition coefficient (Wildman–Crippen LogP) is 3.35. The number of aromatic nitrogens is 2. The van der Waals surface area contributed by atoms with Crippen molar-refractivity contribution in [2.45, 2.75) is 39.3 Å². The Kier molecular flexibility index (Phi) is 4.10. The van der Waals surface area contributed by atoms with E-state index in [1.54, 1.807) is 0 Å². The van der Waals surface area contributed by atoms with Crippen molar-refractivity contribution < 1.29 is 8.94 Å². The molecule has 104 valence electrons. The van der Waals surface area contributed by atoms with Crippen LogP contribution in [0.2, 0.25) is 0 Å². The first-order chi connectivity index (χ1) is 8.84. The Bertz CT molecular complexity index is 542. The van der Waals surface area contributed by atoms with Crippen molar-refractivity contribution in [3.05, 3.63) is 34.3 Å². The van der Waals surface area contributed by atoms with Gasteiger partial charge in [-0.1, -0.05) is 25.9 Å². The maximum atomic E-state index is 5.46. The predicted molar refractivity (Wildman–Crippen MR) is 74.6 cm³/mol. The second-order valence-electron chi connectivity index (χ2n) is 5.64. The normalized spacial score (nSPS) is 12.3. The zero-order chi connectivity index (χ0) is 14.0. The van der Waals surface area contributed by atoms with Crippen molar-refractivity contribution in [1.29, 1.82) is 0 Å². The van der Waals surface area contributed by atoms with Gasteiger partial charge in [-0.15, -0.1) is 0 Å². The van der Waals surface area contributed by atoms with Crippen LogP contribution < -0.4 is 0 Å². The van der Waals surface area contributed by atoms with Gasteiger partial charge in [-0.05, 0) is 35.1 Å². The molecule has 0 amide bonds. The van der Waals surface area contributed by atoms with Crippen molar-refractivity contribution in [2.24, 2.45) is 0 Å². The van der Waals surface area contributed by atoms with Gasteiger partial charge in [0.05, 0.1) is 13.1 Å². The van der Waals surface area contributed by atoms with Crippen molar-refractivity contribution >= 4 is 15.9 Å². The molecule has 0 bridgehead atoms. The van der Waals surface area contributed by atoms with E-state index in [4.69, 9.17) is 8.94 Å². The van der Waals surface area contributed by atoms with E-state index in [1.807, 2.05) is 40.0 Å². The lowest BCUT2D eigenvalue weighted by Gasteiger charge is -2.12. The minimum atomic E-state index is -0.115. The molecule has 6 heteroatoms. The highest BCUT2D eigenvalue weighted by Gasteiger charge is 2.22. The van der Waals surface area contributed by atoms with Crippen LogP contribution in [-0.4, -0.2) is 22.1 Å². The Morgan fingerprint density at radius 1 is 1.26 bits per heavy atom. The fourth-order valence-electron chi connectivity index (χ4n) is 1.62. The quantitative estimate of drug-likeness (QED) is 0.861. The lowest BCUT2D eigenvalue weighted by atomic mass is 9.97. The van der Waals surface area contributed by atoms with Gasteiger partial charge in [0.15, 0.2) is 10.5 Å². The molecular formula is C13H18BrN3O2. The van der Waals surface area contributed by atoms with Crippen LogP contribution in [0, 0.1) is 0 Å². The number of nitrogens with zero attached hydrogens (tertiary/aromatic N) is 3. The summed E-state index contributed by atoms with van der Waals surface area (Å²) in [7, 11) is 1.99. The van der Waals surface area contributed by atoms with E-state index in [1.165, 1.54) is 0 Å². The average molecular weight is 328 g/mol. The van der Waals surface area contributed by atoms with Gasteiger partial charge in [0.2, 0.25) is 5.89 Å². The third-order valence-corrected chi connectivity index (χ3v) is 3.00. The summed E-state index contributed by atoms with van der Waals surface area (Å²) in [5, 5.41) is 4.00. The summed E-state index contributed by atoms with van der Waals surface area (Å²) in [5.41, 5.74) is -0.115. The summed E-state index contributed by atoms with van der Waals surface area (Å²) in [6.45, 7) is 7.47. The number of furan rings is 1. The molecule has 0 aromatic carbocycles. The van der Waals surface area contributed by atoms with Gasteiger partial charge in [-0.2, -0.15) is 4.98 Å². The van der Waals surface area contributed by atoms with E-state index in [9.17, 15) is 0 Å². The Morgan fingerprint density at radius 2 is 2.00 bits per heavy atom. The molecule has 2 rings (SSSR count). The fraction of sp³-hybridized carbons (Fsp3) is 0.538. The highest BCUT2D eigenvalue weighted by molar-refractivity contribution is 9.10. The largest absolute Gasteiger partial charge is 0.453 e. The van der Waals surface area contributed by atoms with Crippen LogP contribution in [0.4, 0.5) is 0 Å². The number of hydrogen-bond acceptors (Lipinski definition) is 5. The summed E-state index contributed by atoms with van der Waals surface area (Å²) in [4.78, 5) is 6.48. The van der Waals surface area contributed by atoms with E-state index in [2.05, 4.69) is 31.0 Å². The fourth-order valence-corrected chi connectivity index (χ4v) is 1.96. The van der Waals surface area contributed by atoms with Crippen LogP contribution in [0.3, 0.4) is 0 Å². The third kappa shape index (κ3) is 3.91. The first-order valence-electron chi connectivity index (χ1n) is 6.10. The Hall–Kier alpha value is -1.14. The second-order valence-corrected chi connectivity index (χ2v) is 6.43. The monoisotopic (exact) mass is 327 g/mol. The van der Waals surface area contributed by atoms with Gasteiger partial charge in [-0.3, -0.25) is 4.90 Å². The second kappa shape index (κ2) is 5.46. The van der Waals surface area contributed by atoms with Gasteiger partial charge >= 0.3 is 0 Å². The smallest absolute Gasteiger partial charge is 0.232 e. The molecule has 19 heavy (non-hydrogen) atoms. The Labute approximate surface area is 121 Å². The van der Waals surface area contributed by atoms with Crippen LogP contribution in [0.1, 0.15) is 38.2 Å². The summed E-state index contributed by atoms with van der Waals surface area (Å²) in [5.74, 6) is 2.25. The minimum Gasteiger partial charge on any atom is -0.453 e. The Morgan fingerprint density at radius 3 is 2.53 bits per heavy atom. The molecule has 0 aliphatic heterocycles. The molecule has 0 unspecified atom stereocenters. The highest BCUT2D eigenvalue weighted by Crippen LogP contribution is 2.20. The van der Waals surface area contributed by atoms with Crippen LogP contribution in [0.25, 0.3) is 0 Å². The first-order valence-corrected chi connectivity index (χ1v) is 6.90. The summed E-state index contributed by atoms with van der Waals surface area (Å²) in [6.07, 6.45) is 0. The molecular weight excluding hydrogens is 310 g/mol. The molecule has 0 spiro atoms. The molecule has 2 aromatic heterocycles. The van der Waals surface area contributed by atoms with Gasteiger partial charge in [0.1, 0.15) is 5.76 Å². The molecule has 0 fully saturated rings. The number of halogens is 1. The van der Waals surface area contributed by atoms with E-state index < -0.39 is 0 Å². The van der Waals surface area contributed by atoms with E-state index in [0.29, 0.717) is 24.8 Å². The molecule has 0 atom stereocenters. The first kappa shape index (κ1) is 14.3. The summed E-state index contributed by atoms with van der Waals surface area (Å²) in [6, 6.07) is 3.83. The molecule has 0 N–H and O–H groups in total. The highest BCUT2D eigenvalue weighted by atomic mass is 79.9. The third-order valence-electron chi connectivity index (χ3n) is 2.58. The van der Waals surface area contributed by atoms with Crippen LogP contribution in [0.15, 0.2) is 25.7 Å². The topological polar surface area (TPSA) is 55.3 Å². The Balaban J connectivity index is 1.95. The van der Waals surface area contributed by atoms with Crippen LogP contribution in [-0.2, 0) is 18.5 Å². The standard InChI is InChI=1S/C13H18BrN3O2/c1-13(2,3)12-15-11(16-19-12)8-17(4)7-9-5-6-10(14)18-9/h5-6H,7-8H2,1-4H3. The lowest BCUT2D eigenvalue weighted by Crippen LogP contribution is -2.18. The van der Waals surface area contributed by atoms with Crippen molar-refractivity contribution in [3.8, 4) is 0 Å². The number of hydrogen-bond donors (Lipinski definition) is 0. The van der Waals surface area contributed by atoms with Crippen molar-refractivity contribution in [2.75, 3.05) is 7.05 Å². The van der Waals surface area contributed by atoms with Crippen LogP contribution >= 0.6 is 15.9 Å². The van der Waals surface area contributed by atoms with Gasteiger partial charge in [0.25, 0.3) is 0 Å². The molecule has 2 aromatic rings. The summed E-state index contributed by atoms with van der Waals surface area (Å²) >= 11 is 3.29. The van der Waals surface area contributed by atoms with Gasteiger partial charge < -0.3 is 8.94 Å². The van der Waals surface area contributed by atoms with Crippen LogP contribution in [0.5, 0.6) is 0 Å². The number of rotatable bonds is 4. The van der Waals surface area contributed by atoms with Crippen molar-refractivity contribution in [3.63, 3.8) is 0 Å². The van der Waals surface area contributed by atoms with Crippen molar-refractivity contribution in [1.82, 2.24) is 15.0 Å². The summed E-state index contributed by atoms with van der Waals surface area (Å²) < 4.78 is 11.5. The van der Waals surface area contributed by atoms with E-state index >= 15 is 0 Å². The minimum absolute atomic E-state index is 0.115. The SMILES string of the molecule is CN(Cc1noc(C(C)(C)C)n1)Cc1ccc(Br)o1. The zero-order valence-corrected chi connectivity index (χ0v) is 13.2. The average Bonchev–Trinajstić information content (AvgIpc) is 2.87.